The van der Waals surface area contributed by atoms with Crippen LogP contribution in [0.5, 0.6) is 5.75 Å². The second-order valence-corrected chi connectivity index (χ2v) is 7.76. The summed E-state index contributed by atoms with van der Waals surface area (Å²) in [6, 6.07) is 21.7. The number of carbonyl (C=O) groups excluding carboxylic acids is 2. The van der Waals surface area contributed by atoms with Gasteiger partial charge in [0.05, 0.1) is 0 Å². The van der Waals surface area contributed by atoms with Crippen LogP contribution >= 0.6 is 0 Å². The zero-order valence-corrected chi connectivity index (χ0v) is 18.7. The molecule has 3 aromatic rings. The van der Waals surface area contributed by atoms with E-state index < -0.39 is 18.1 Å². The molecule has 0 aliphatic carbocycles. The van der Waals surface area contributed by atoms with Crippen molar-refractivity contribution in [3.8, 4) is 5.75 Å². The molecular weight excluding hydrogens is 454 g/mol. The maximum Gasteiger partial charge on any atom is 0.387 e. The molecule has 1 aliphatic rings. The van der Waals surface area contributed by atoms with E-state index in [0.29, 0.717) is 16.8 Å². The Morgan fingerprint density at radius 1 is 1.06 bits per heavy atom. The summed E-state index contributed by atoms with van der Waals surface area (Å²) in [5.74, 6) is -0.833. The number of carbonyl (C=O) groups is 2. The lowest BCUT2D eigenvalue weighted by Gasteiger charge is -2.26. The maximum atomic E-state index is 13.4. The van der Waals surface area contributed by atoms with Gasteiger partial charge in [0.25, 0.3) is 5.91 Å². The summed E-state index contributed by atoms with van der Waals surface area (Å²) in [6.45, 7) is -2.97. The molecule has 1 unspecified atom stereocenters. The number of benzene rings is 3. The summed E-state index contributed by atoms with van der Waals surface area (Å²) >= 11 is 0. The van der Waals surface area contributed by atoms with Crippen molar-refractivity contribution in [2.24, 2.45) is 10.7 Å². The maximum absolute atomic E-state index is 13.4. The highest BCUT2D eigenvalue weighted by Crippen LogP contribution is 2.40. The highest BCUT2D eigenvalue weighted by atomic mass is 19.3. The van der Waals surface area contributed by atoms with Gasteiger partial charge in [-0.3, -0.25) is 14.5 Å². The topological polar surface area (TPSA) is 97.0 Å². The number of amides is 2. The lowest BCUT2D eigenvalue weighted by molar-refractivity contribution is -0.129. The van der Waals surface area contributed by atoms with Crippen molar-refractivity contribution in [1.29, 1.82) is 0 Å². The molecule has 35 heavy (non-hydrogen) atoms. The van der Waals surface area contributed by atoms with E-state index in [-0.39, 0.29) is 17.6 Å². The summed E-state index contributed by atoms with van der Waals surface area (Å²) in [4.78, 5) is 31.5. The van der Waals surface area contributed by atoms with E-state index in [0.717, 1.165) is 5.56 Å². The molecule has 3 aromatic carbocycles. The Balaban J connectivity index is 1.67. The largest absolute Gasteiger partial charge is 0.435 e. The van der Waals surface area contributed by atoms with Gasteiger partial charge in [-0.25, -0.2) is 4.99 Å². The van der Waals surface area contributed by atoms with Crippen LogP contribution in [0.4, 0.5) is 14.5 Å². The predicted molar refractivity (Wildman–Crippen MR) is 129 cm³/mol. The van der Waals surface area contributed by atoms with E-state index in [4.69, 9.17) is 5.73 Å². The average molecular weight is 476 g/mol. The lowest BCUT2D eigenvalue weighted by Crippen LogP contribution is -2.41. The van der Waals surface area contributed by atoms with Crippen LogP contribution in [0.25, 0.3) is 6.08 Å². The monoisotopic (exact) mass is 476 g/mol. The highest BCUT2D eigenvalue weighted by Gasteiger charge is 2.49. The molecule has 1 atom stereocenters. The first kappa shape index (κ1) is 23.6. The molecular formula is C26H22F2N4O3. The number of halogens is 2. The van der Waals surface area contributed by atoms with Gasteiger partial charge in [0.15, 0.2) is 11.5 Å². The van der Waals surface area contributed by atoms with Gasteiger partial charge in [-0.05, 0) is 47.0 Å². The van der Waals surface area contributed by atoms with Crippen molar-refractivity contribution >= 4 is 29.5 Å². The third-order valence-corrected chi connectivity index (χ3v) is 5.51. The van der Waals surface area contributed by atoms with Crippen LogP contribution in [0.2, 0.25) is 0 Å². The van der Waals surface area contributed by atoms with E-state index in [1.807, 2.05) is 30.3 Å². The lowest BCUT2D eigenvalue weighted by atomic mass is 9.82. The number of nitrogens with one attached hydrogen (secondary N) is 1. The average Bonchev–Trinajstić information content (AvgIpc) is 3.08. The van der Waals surface area contributed by atoms with Gasteiger partial charge in [-0.15, -0.1) is 0 Å². The number of hydrogen-bond acceptors (Lipinski definition) is 5. The second-order valence-electron chi connectivity index (χ2n) is 7.76. The van der Waals surface area contributed by atoms with Crippen LogP contribution in [0.15, 0.2) is 89.9 Å². The summed E-state index contributed by atoms with van der Waals surface area (Å²) in [5, 5.41) is 2.78. The van der Waals surface area contributed by atoms with Crippen molar-refractivity contribution < 1.29 is 23.1 Å². The minimum Gasteiger partial charge on any atom is -0.435 e. The van der Waals surface area contributed by atoms with Gasteiger partial charge < -0.3 is 15.8 Å². The normalized spacial score (nSPS) is 17.7. The number of anilines is 1. The Morgan fingerprint density at radius 3 is 2.40 bits per heavy atom. The Morgan fingerprint density at radius 2 is 1.77 bits per heavy atom. The van der Waals surface area contributed by atoms with Crippen molar-refractivity contribution in [3.63, 3.8) is 0 Å². The van der Waals surface area contributed by atoms with E-state index >= 15 is 0 Å². The predicted octanol–water partition coefficient (Wildman–Crippen LogP) is 3.97. The first-order chi connectivity index (χ1) is 16.8. The number of likely N-dealkylation sites (N-methyl/N-ethyl adjacent to an activating group) is 1. The summed E-state index contributed by atoms with van der Waals surface area (Å²) in [6.07, 6.45) is 3.09. The van der Waals surface area contributed by atoms with Gasteiger partial charge in [0, 0.05) is 18.8 Å². The molecule has 0 fully saturated rings. The number of nitrogens with zero attached hydrogens (tertiary/aromatic N) is 2. The molecule has 9 heteroatoms. The summed E-state index contributed by atoms with van der Waals surface area (Å²) in [5.41, 5.74) is 6.60. The van der Waals surface area contributed by atoms with Crippen LogP contribution in [-0.4, -0.2) is 36.3 Å². The molecule has 178 valence electrons. The van der Waals surface area contributed by atoms with Crippen molar-refractivity contribution in [2.75, 3.05) is 12.4 Å². The first-order valence-electron chi connectivity index (χ1n) is 10.6. The fourth-order valence-electron chi connectivity index (χ4n) is 3.80. The van der Waals surface area contributed by atoms with E-state index in [1.165, 1.54) is 42.3 Å². The van der Waals surface area contributed by atoms with Crippen LogP contribution in [0, 0.1) is 0 Å². The van der Waals surface area contributed by atoms with Gasteiger partial charge in [0.1, 0.15) is 5.75 Å². The third-order valence-electron chi connectivity index (χ3n) is 5.51. The molecule has 1 aliphatic heterocycles. The Hall–Kier alpha value is -4.53. The minimum atomic E-state index is -2.97. The zero-order valence-electron chi connectivity index (χ0n) is 18.7. The van der Waals surface area contributed by atoms with Gasteiger partial charge in [-0.2, -0.15) is 8.78 Å². The smallest absolute Gasteiger partial charge is 0.387 e. The van der Waals surface area contributed by atoms with E-state index in [2.05, 4.69) is 15.0 Å². The Labute approximate surface area is 200 Å². The quantitative estimate of drug-likeness (QED) is 0.505. The van der Waals surface area contributed by atoms with Gasteiger partial charge in [0.2, 0.25) is 5.91 Å². The molecule has 0 saturated carbocycles. The standard InChI is InChI=1S/C26H22F2N4O3/c1-32-23(34)26(31-25(32)29,18-11-13-21(14-12-18)35-24(27)28)19-8-5-9-20(16-19)30-22(33)15-10-17-6-3-2-4-7-17/h2-16,24H,1H3,(H2,29,31)(H,30,33). The van der Waals surface area contributed by atoms with Crippen molar-refractivity contribution in [1.82, 2.24) is 4.90 Å². The number of aliphatic imine (C=N–C) groups is 1. The number of nitrogens with two attached hydrogens (primary N) is 1. The SMILES string of the molecule is CN1C(=O)C(c2ccc(OC(F)F)cc2)(c2cccc(NC(=O)C=Cc3ccccc3)c2)N=C1N. The minimum absolute atomic E-state index is 0.00291. The Kier molecular flexibility index (Phi) is 6.59. The first-order valence-corrected chi connectivity index (χ1v) is 10.6. The summed E-state index contributed by atoms with van der Waals surface area (Å²) < 4.78 is 29.5. The number of guanidine groups is 1. The molecule has 2 amide bonds. The van der Waals surface area contributed by atoms with E-state index in [1.54, 1.807) is 30.3 Å². The van der Waals surface area contributed by atoms with Crippen LogP contribution in [0.1, 0.15) is 16.7 Å². The van der Waals surface area contributed by atoms with E-state index in [9.17, 15) is 18.4 Å². The number of ether oxygens (including phenoxy) is 1. The molecule has 1 heterocycles. The highest BCUT2D eigenvalue weighted by molar-refractivity contribution is 6.09. The number of alkyl halides is 2. The number of rotatable bonds is 7. The molecule has 0 aromatic heterocycles. The molecule has 0 radical (unpaired) electrons. The van der Waals surface area contributed by atoms with Crippen molar-refractivity contribution in [2.45, 2.75) is 12.2 Å². The molecule has 0 spiro atoms. The molecule has 7 nitrogen and oxygen atoms in total. The second kappa shape index (κ2) is 9.76. The third kappa shape index (κ3) is 4.89. The molecule has 4 rings (SSSR count). The van der Waals surface area contributed by atoms with Gasteiger partial charge >= 0.3 is 6.61 Å². The zero-order chi connectivity index (χ0) is 25.0. The fraction of sp³-hybridized carbons (Fsp3) is 0.115. The number of hydrogen-bond donors (Lipinski definition) is 2. The Bertz CT molecular complexity index is 1290. The van der Waals surface area contributed by atoms with Gasteiger partial charge in [-0.1, -0.05) is 54.6 Å². The van der Waals surface area contributed by atoms with Crippen LogP contribution in [0.3, 0.4) is 0 Å². The van der Waals surface area contributed by atoms with Crippen LogP contribution < -0.4 is 15.8 Å². The van der Waals surface area contributed by atoms with Crippen molar-refractivity contribution in [3.05, 3.63) is 102 Å². The molecule has 0 saturated heterocycles. The summed E-state index contributed by atoms with van der Waals surface area (Å²) in [7, 11) is 1.50. The van der Waals surface area contributed by atoms with Crippen LogP contribution in [-0.2, 0) is 15.1 Å². The molecule has 0 bridgehead atoms. The molecule has 3 N–H and O–H groups in total. The fourth-order valence-corrected chi connectivity index (χ4v) is 3.80.